The summed E-state index contributed by atoms with van der Waals surface area (Å²) in [7, 11) is 0. The summed E-state index contributed by atoms with van der Waals surface area (Å²) in [4.78, 5) is 13.4. The van der Waals surface area contributed by atoms with Gasteiger partial charge in [-0.1, -0.05) is 30.3 Å². The van der Waals surface area contributed by atoms with E-state index in [0.717, 1.165) is 16.9 Å². The Morgan fingerprint density at radius 3 is 2.50 bits per heavy atom. The summed E-state index contributed by atoms with van der Waals surface area (Å²) in [5.41, 5.74) is 3.68. The number of fused-ring (bicyclic) bond motifs is 1. The lowest BCUT2D eigenvalue weighted by Crippen LogP contribution is -2.07. The highest BCUT2D eigenvalue weighted by Crippen LogP contribution is 2.24. The van der Waals surface area contributed by atoms with Crippen LogP contribution in [0.2, 0.25) is 0 Å². The van der Waals surface area contributed by atoms with Crippen LogP contribution >= 0.6 is 11.8 Å². The third-order valence-electron chi connectivity index (χ3n) is 3.78. The van der Waals surface area contributed by atoms with Gasteiger partial charge in [-0.3, -0.25) is 4.79 Å². The predicted octanol–water partition coefficient (Wildman–Crippen LogP) is 4.54. The van der Waals surface area contributed by atoms with Crippen LogP contribution in [0.5, 0.6) is 0 Å². The van der Waals surface area contributed by atoms with Gasteiger partial charge in [-0.25, -0.2) is 0 Å². The van der Waals surface area contributed by atoms with Crippen LogP contribution in [0.4, 0.5) is 0 Å². The van der Waals surface area contributed by atoms with E-state index in [1.165, 1.54) is 30.4 Å². The molecular weight excluding hydrogens is 264 g/mol. The zero-order valence-electron chi connectivity index (χ0n) is 11.5. The molecule has 102 valence electrons. The number of carbonyl (C=O) groups is 1. The van der Waals surface area contributed by atoms with Gasteiger partial charge in [0.15, 0.2) is 5.78 Å². The molecule has 2 aromatic carbocycles. The molecule has 0 radical (unpaired) electrons. The second kappa shape index (κ2) is 6.27. The van der Waals surface area contributed by atoms with Gasteiger partial charge in [-0.2, -0.15) is 0 Å². The van der Waals surface area contributed by atoms with Crippen LogP contribution in [0.25, 0.3) is 0 Å². The Labute approximate surface area is 124 Å². The van der Waals surface area contributed by atoms with Gasteiger partial charge in [0.25, 0.3) is 0 Å². The van der Waals surface area contributed by atoms with Crippen molar-refractivity contribution in [2.24, 2.45) is 0 Å². The Morgan fingerprint density at radius 2 is 1.70 bits per heavy atom. The lowest BCUT2D eigenvalue weighted by molar-refractivity contribution is 0.102. The van der Waals surface area contributed by atoms with Crippen molar-refractivity contribution in [2.45, 2.75) is 30.6 Å². The molecule has 1 aliphatic carbocycles. The van der Waals surface area contributed by atoms with E-state index in [9.17, 15) is 4.79 Å². The molecule has 0 saturated heterocycles. The van der Waals surface area contributed by atoms with Crippen LogP contribution in [-0.4, -0.2) is 11.5 Å². The lowest BCUT2D eigenvalue weighted by Gasteiger charge is -2.16. The quantitative estimate of drug-likeness (QED) is 0.605. The molecule has 0 spiro atoms. The molecule has 0 amide bonds. The minimum atomic E-state index is 0.229. The Morgan fingerprint density at radius 1 is 0.950 bits per heavy atom. The maximum Gasteiger partial charge on any atom is 0.173 e. The maximum atomic E-state index is 12.3. The molecule has 0 fully saturated rings. The highest BCUT2D eigenvalue weighted by Gasteiger charge is 2.13. The van der Waals surface area contributed by atoms with Crippen LogP contribution in [0, 0.1) is 0 Å². The molecular formula is C18H18OS. The Hall–Kier alpha value is -1.54. The molecule has 2 aromatic rings. The van der Waals surface area contributed by atoms with Crippen LogP contribution in [0.15, 0.2) is 53.4 Å². The number of hydrogen-bond donors (Lipinski definition) is 0. The Bertz CT molecular complexity index is 604. The van der Waals surface area contributed by atoms with E-state index in [1.807, 2.05) is 36.4 Å². The van der Waals surface area contributed by atoms with Crippen LogP contribution < -0.4 is 0 Å². The molecule has 0 unspecified atom stereocenters. The van der Waals surface area contributed by atoms with Gasteiger partial charge in [0, 0.05) is 10.5 Å². The molecule has 2 heteroatoms. The van der Waals surface area contributed by atoms with E-state index in [2.05, 4.69) is 12.1 Å². The molecule has 0 atom stereocenters. The lowest BCUT2D eigenvalue weighted by atomic mass is 9.90. The fraction of sp³-hybridized carbons (Fsp3) is 0.278. The number of carbonyl (C=O) groups excluding carboxylic acids is 1. The van der Waals surface area contributed by atoms with Crippen molar-refractivity contribution in [1.82, 2.24) is 0 Å². The molecule has 0 bridgehead atoms. The molecule has 20 heavy (non-hydrogen) atoms. The highest BCUT2D eigenvalue weighted by atomic mass is 32.2. The molecule has 0 aliphatic heterocycles. The van der Waals surface area contributed by atoms with Crippen LogP contribution in [-0.2, 0) is 12.8 Å². The first-order chi connectivity index (χ1) is 9.83. The number of hydrogen-bond acceptors (Lipinski definition) is 2. The first-order valence-electron chi connectivity index (χ1n) is 7.16. The van der Waals surface area contributed by atoms with Crippen molar-refractivity contribution in [1.29, 1.82) is 0 Å². The largest absolute Gasteiger partial charge is 0.293 e. The molecule has 0 aromatic heterocycles. The fourth-order valence-electron chi connectivity index (χ4n) is 2.66. The zero-order chi connectivity index (χ0) is 13.8. The van der Waals surface area contributed by atoms with E-state index < -0.39 is 0 Å². The maximum absolute atomic E-state index is 12.3. The Kier molecular flexibility index (Phi) is 4.22. The highest BCUT2D eigenvalue weighted by molar-refractivity contribution is 8.00. The first kappa shape index (κ1) is 13.4. The van der Waals surface area contributed by atoms with Gasteiger partial charge in [0.05, 0.1) is 5.75 Å². The topological polar surface area (TPSA) is 17.1 Å². The van der Waals surface area contributed by atoms with E-state index in [1.54, 1.807) is 11.8 Å². The first-order valence-corrected chi connectivity index (χ1v) is 8.14. The number of benzene rings is 2. The summed E-state index contributed by atoms with van der Waals surface area (Å²) in [6.07, 6.45) is 4.83. The third kappa shape index (κ3) is 3.13. The standard InChI is InChI=1S/C18H18OS/c19-18(13-20-17-8-2-1-3-9-17)16-11-10-14-6-4-5-7-15(14)12-16/h1-3,8-12H,4-7,13H2. The van der Waals surface area contributed by atoms with Crippen LogP contribution in [0.1, 0.15) is 34.3 Å². The van der Waals surface area contributed by atoms with Crippen molar-refractivity contribution in [3.63, 3.8) is 0 Å². The van der Waals surface area contributed by atoms with Crippen molar-refractivity contribution in [3.05, 3.63) is 65.2 Å². The van der Waals surface area contributed by atoms with E-state index in [0.29, 0.717) is 5.75 Å². The summed E-state index contributed by atoms with van der Waals surface area (Å²) < 4.78 is 0. The fourth-order valence-corrected chi connectivity index (χ4v) is 3.47. The molecule has 0 saturated carbocycles. The minimum absolute atomic E-state index is 0.229. The van der Waals surface area contributed by atoms with Gasteiger partial charge in [0.1, 0.15) is 0 Å². The van der Waals surface area contributed by atoms with Crippen molar-refractivity contribution < 1.29 is 4.79 Å². The smallest absolute Gasteiger partial charge is 0.173 e. The minimum Gasteiger partial charge on any atom is -0.293 e. The van der Waals surface area contributed by atoms with Crippen LogP contribution in [0.3, 0.4) is 0 Å². The number of aryl methyl sites for hydroxylation is 2. The van der Waals surface area contributed by atoms with Gasteiger partial charge >= 0.3 is 0 Å². The molecule has 0 heterocycles. The number of Topliss-reactive ketones (excluding diaryl/α,β-unsaturated/α-hetero) is 1. The van der Waals surface area contributed by atoms with E-state index in [-0.39, 0.29) is 5.78 Å². The van der Waals surface area contributed by atoms with Crippen molar-refractivity contribution in [2.75, 3.05) is 5.75 Å². The molecule has 1 aliphatic rings. The zero-order valence-corrected chi connectivity index (χ0v) is 12.3. The second-order valence-electron chi connectivity index (χ2n) is 5.22. The summed E-state index contributed by atoms with van der Waals surface area (Å²) in [6.45, 7) is 0. The van der Waals surface area contributed by atoms with Gasteiger partial charge in [-0.05, 0) is 55.0 Å². The number of rotatable bonds is 4. The van der Waals surface area contributed by atoms with Gasteiger partial charge in [-0.15, -0.1) is 11.8 Å². The predicted molar refractivity (Wildman–Crippen MR) is 84.6 cm³/mol. The summed E-state index contributed by atoms with van der Waals surface area (Å²) in [5.74, 6) is 0.746. The van der Waals surface area contributed by atoms with Gasteiger partial charge < -0.3 is 0 Å². The monoisotopic (exact) mass is 282 g/mol. The van der Waals surface area contributed by atoms with E-state index in [4.69, 9.17) is 0 Å². The SMILES string of the molecule is O=C(CSc1ccccc1)c1ccc2c(c1)CCCC2. The number of ketones is 1. The summed E-state index contributed by atoms with van der Waals surface area (Å²) in [5, 5.41) is 0. The van der Waals surface area contributed by atoms with E-state index >= 15 is 0 Å². The van der Waals surface area contributed by atoms with Gasteiger partial charge in [0.2, 0.25) is 0 Å². The average Bonchev–Trinajstić information content (AvgIpc) is 2.53. The molecule has 0 N–H and O–H groups in total. The molecule has 3 rings (SSSR count). The van der Waals surface area contributed by atoms with Crippen molar-refractivity contribution >= 4 is 17.5 Å². The normalized spacial score (nSPS) is 13.8. The number of thioether (sulfide) groups is 1. The average molecular weight is 282 g/mol. The summed E-state index contributed by atoms with van der Waals surface area (Å²) >= 11 is 1.61. The second-order valence-corrected chi connectivity index (χ2v) is 6.26. The Balaban J connectivity index is 1.68. The third-order valence-corrected chi connectivity index (χ3v) is 4.80. The van der Waals surface area contributed by atoms with Crippen molar-refractivity contribution in [3.8, 4) is 0 Å². The molecule has 1 nitrogen and oxygen atoms in total. The summed E-state index contributed by atoms with van der Waals surface area (Å²) in [6, 6.07) is 16.4.